The van der Waals surface area contributed by atoms with E-state index in [1.54, 1.807) is 13.0 Å². The third-order valence-electron chi connectivity index (χ3n) is 4.54. The SMILES string of the molecule is CCn1c(=O)c(C(=O)Nc2cc(F)ccc2C)nc2cc(C)c(C)cc21. The van der Waals surface area contributed by atoms with Gasteiger partial charge >= 0.3 is 0 Å². The van der Waals surface area contributed by atoms with Gasteiger partial charge in [0, 0.05) is 12.2 Å². The van der Waals surface area contributed by atoms with Gasteiger partial charge in [-0.15, -0.1) is 0 Å². The number of rotatable bonds is 3. The van der Waals surface area contributed by atoms with Crippen LogP contribution in [0.4, 0.5) is 10.1 Å². The number of anilines is 1. The maximum absolute atomic E-state index is 13.5. The van der Waals surface area contributed by atoms with Crippen molar-refractivity contribution in [3.8, 4) is 0 Å². The first-order valence-electron chi connectivity index (χ1n) is 8.41. The van der Waals surface area contributed by atoms with Crippen LogP contribution in [0.5, 0.6) is 0 Å². The first-order valence-corrected chi connectivity index (χ1v) is 8.41. The summed E-state index contributed by atoms with van der Waals surface area (Å²) in [6.45, 7) is 7.92. The number of hydrogen-bond donors (Lipinski definition) is 1. The molecule has 0 aliphatic rings. The van der Waals surface area contributed by atoms with Gasteiger partial charge in [-0.2, -0.15) is 0 Å². The standard InChI is InChI=1S/C20H20FN3O2/c1-5-24-17-9-13(4)12(3)8-16(17)22-18(20(24)26)19(25)23-15-10-14(21)7-6-11(15)2/h6-10H,5H2,1-4H3,(H,23,25). The number of nitrogens with one attached hydrogen (secondary N) is 1. The molecule has 0 spiro atoms. The van der Waals surface area contributed by atoms with Gasteiger partial charge in [-0.3, -0.25) is 9.59 Å². The minimum atomic E-state index is -0.647. The lowest BCUT2D eigenvalue weighted by molar-refractivity contribution is 0.102. The summed E-state index contributed by atoms with van der Waals surface area (Å²) in [5, 5.41) is 2.60. The van der Waals surface area contributed by atoms with Crippen LogP contribution in [0.25, 0.3) is 11.0 Å². The van der Waals surface area contributed by atoms with Gasteiger partial charge in [0.2, 0.25) is 0 Å². The predicted octanol–water partition coefficient (Wildman–Crippen LogP) is 3.73. The molecule has 2 aromatic carbocycles. The molecule has 0 aliphatic carbocycles. The van der Waals surface area contributed by atoms with Gasteiger partial charge in [-0.25, -0.2) is 9.37 Å². The molecule has 134 valence electrons. The van der Waals surface area contributed by atoms with Crippen LogP contribution in [0.2, 0.25) is 0 Å². The van der Waals surface area contributed by atoms with Crippen molar-refractivity contribution in [1.82, 2.24) is 9.55 Å². The smallest absolute Gasteiger partial charge is 0.282 e. The Morgan fingerprint density at radius 1 is 1.12 bits per heavy atom. The Morgan fingerprint density at radius 3 is 2.50 bits per heavy atom. The van der Waals surface area contributed by atoms with Crippen LogP contribution < -0.4 is 10.9 Å². The van der Waals surface area contributed by atoms with Crippen molar-refractivity contribution in [2.24, 2.45) is 0 Å². The number of aromatic nitrogens is 2. The van der Waals surface area contributed by atoms with E-state index in [1.807, 2.05) is 32.9 Å². The average Bonchev–Trinajstić information content (AvgIpc) is 2.59. The fraction of sp³-hybridized carbons (Fsp3) is 0.250. The summed E-state index contributed by atoms with van der Waals surface area (Å²) >= 11 is 0. The van der Waals surface area contributed by atoms with Crippen LogP contribution in [0.15, 0.2) is 35.1 Å². The van der Waals surface area contributed by atoms with Gasteiger partial charge in [-0.1, -0.05) is 6.07 Å². The minimum absolute atomic E-state index is 0.203. The van der Waals surface area contributed by atoms with E-state index in [9.17, 15) is 14.0 Å². The summed E-state index contributed by atoms with van der Waals surface area (Å²) in [5.41, 5.74) is 3.70. The third-order valence-corrected chi connectivity index (χ3v) is 4.54. The number of fused-ring (bicyclic) bond motifs is 1. The number of aryl methyl sites for hydroxylation is 4. The molecule has 1 amide bonds. The number of carbonyl (C=O) groups excluding carboxylic acids is 1. The van der Waals surface area contributed by atoms with E-state index in [0.717, 1.165) is 11.1 Å². The Morgan fingerprint density at radius 2 is 1.81 bits per heavy atom. The predicted molar refractivity (Wildman–Crippen MR) is 100 cm³/mol. The maximum Gasteiger partial charge on any atom is 0.282 e. The summed E-state index contributed by atoms with van der Waals surface area (Å²) in [5.74, 6) is -1.11. The van der Waals surface area contributed by atoms with Gasteiger partial charge in [-0.05, 0) is 68.7 Å². The van der Waals surface area contributed by atoms with E-state index in [2.05, 4.69) is 10.3 Å². The zero-order valence-electron chi connectivity index (χ0n) is 15.2. The van der Waals surface area contributed by atoms with Crippen molar-refractivity contribution < 1.29 is 9.18 Å². The monoisotopic (exact) mass is 353 g/mol. The molecule has 0 fully saturated rings. The Bertz CT molecular complexity index is 1090. The van der Waals surface area contributed by atoms with E-state index >= 15 is 0 Å². The van der Waals surface area contributed by atoms with Crippen LogP contribution in [0.3, 0.4) is 0 Å². The molecule has 6 heteroatoms. The van der Waals surface area contributed by atoms with Gasteiger partial charge in [0.05, 0.1) is 11.0 Å². The van der Waals surface area contributed by atoms with E-state index in [-0.39, 0.29) is 5.69 Å². The second-order valence-corrected chi connectivity index (χ2v) is 6.35. The largest absolute Gasteiger partial charge is 0.320 e. The van der Waals surface area contributed by atoms with Gasteiger partial charge in [0.1, 0.15) is 5.82 Å². The summed E-state index contributed by atoms with van der Waals surface area (Å²) in [6.07, 6.45) is 0. The van der Waals surface area contributed by atoms with Crippen LogP contribution in [-0.4, -0.2) is 15.5 Å². The molecule has 1 aromatic heterocycles. The lowest BCUT2D eigenvalue weighted by Gasteiger charge is -2.13. The number of benzene rings is 2. The van der Waals surface area contributed by atoms with Crippen LogP contribution in [-0.2, 0) is 6.54 Å². The van der Waals surface area contributed by atoms with Crippen molar-refractivity contribution in [3.63, 3.8) is 0 Å². The molecule has 3 rings (SSSR count). The second kappa shape index (κ2) is 6.71. The molecule has 0 saturated carbocycles. The molecule has 1 heterocycles. The van der Waals surface area contributed by atoms with Crippen LogP contribution in [0.1, 0.15) is 34.1 Å². The highest BCUT2D eigenvalue weighted by Gasteiger charge is 2.18. The average molecular weight is 353 g/mol. The van der Waals surface area contributed by atoms with Gasteiger partial charge in [0.15, 0.2) is 5.69 Å². The number of nitrogens with zero attached hydrogens (tertiary/aromatic N) is 2. The second-order valence-electron chi connectivity index (χ2n) is 6.35. The molecule has 1 N–H and O–H groups in total. The highest BCUT2D eigenvalue weighted by molar-refractivity contribution is 6.04. The molecule has 0 aliphatic heterocycles. The molecule has 5 nitrogen and oxygen atoms in total. The molecule has 3 aromatic rings. The topological polar surface area (TPSA) is 64.0 Å². The Hall–Kier alpha value is -3.02. The normalized spacial score (nSPS) is 11.0. The highest BCUT2D eigenvalue weighted by Crippen LogP contribution is 2.19. The lowest BCUT2D eigenvalue weighted by atomic mass is 10.1. The zero-order chi connectivity index (χ0) is 19.0. The summed E-state index contributed by atoms with van der Waals surface area (Å²) in [7, 11) is 0. The van der Waals surface area contributed by atoms with Gasteiger partial charge < -0.3 is 9.88 Å². The van der Waals surface area contributed by atoms with Gasteiger partial charge in [0.25, 0.3) is 11.5 Å². The van der Waals surface area contributed by atoms with Crippen LogP contribution in [0, 0.1) is 26.6 Å². The van der Waals surface area contributed by atoms with Crippen molar-refractivity contribution >= 4 is 22.6 Å². The lowest BCUT2D eigenvalue weighted by Crippen LogP contribution is -2.31. The summed E-state index contributed by atoms with van der Waals surface area (Å²) in [6, 6.07) is 7.87. The fourth-order valence-electron chi connectivity index (χ4n) is 2.87. The maximum atomic E-state index is 13.5. The summed E-state index contributed by atoms with van der Waals surface area (Å²) < 4.78 is 15.0. The molecule has 0 radical (unpaired) electrons. The third kappa shape index (κ3) is 3.10. The van der Waals surface area contributed by atoms with Crippen molar-refractivity contribution in [2.45, 2.75) is 34.2 Å². The van der Waals surface area contributed by atoms with Crippen molar-refractivity contribution in [2.75, 3.05) is 5.32 Å². The molecule has 0 atom stereocenters. The minimum Gasteiger partial charge on any atom is -0.320 e. The molecule has 0 bridgehead atoms. The highest BCUT2D eigenvalue weighted by atomic mass is 19.1. The Kier molecular flexibility index (Phi) is 4.59. The van der Waals surface area contributed by atoms with E-state index < -0.39 is 17.3 Å². The van der Waals surface area contributed by atoms with Crippen LogP contribution >= 0.6 is 0 Å². The number of amides is 1. The molecular weight excluding hydrogens is 333 g/mol. The molecule has 26 heavy (non-hydrogen) atoms. The molecular formula is C20H20FN3O2. The van der Waals surface area contributed by atoms with E-state index in [4.69, 9.17) is 0 Å². The van der Waals surface area contributed by atoms with Crippen molar-refractivity contribution in [3.05, 3.63) is 68.9 Å². The van der Waals surface area contributed by atoms with E-state index in [0.29, 0.717) is 28.8 Å². The number of carbonyl (C=O) groups is 1. The number of halogens is 1. The van der Waals surface area contributed by atoms with E-state index in [1.165, 1.54) is 16.7 Å². The quantitative estimate of drug-likeness (QED) is 0.780. The Labute approximate surface area is 150 Å². The first-order chi connectivity index (χ1) is 12.3. The Balaban J connectivity index is 2.13. The zero-order valence-corrected chi connectivity index (χ0v) is 15.2. The molecule has 0 saturated heterocycles. The fourth-order valence-corrected chi connectivity index (χ4v) is 2.87. The number of hydrogen-bond acceptors (Lipinski definition) is 3. The first kappa shape index (κ1) is 17.8. The molecule has 0 unspecified atom stereocenters. The summed E-state index contributed by atoms with van der Waals surface area (Å²) in [4.78, 5) is 29.7. The van der Waals surface area contributed by atoms with Crippen molar-refractivity contribution in [1.29, 1.82) is 0 Å².